The lowest BCUT2D eigenvalue weighted by atomic mass is 9.66. The molecular weight excluding hydrogens is 840 g/mol. The molecule has 1 saturated heterocycles. The fourth-order valence-corrected chi connectivity index (χ4v) is 10.2. The van der Waals surface area contributed by atoms with E-state index in [1.54, 1.807) is 75.7 Å². The smallest absolute Gasteiger partial charge is 0.312 e. The number of carbonyl (C=O) groups excluding carboxylic acids is 5. The van der Waals surface area contributed by atoms with Gasteiger partial charge >= 0.3 is 5.97 Å². The van der Waals surface area contributed by atoms with Crippen LogP contribution in [-0.2, 0) is 32.1 Å². The number of hydrazine groups is 1. The van der Waals surface area contributed by atoms with Crippen LogP contribution in [-0.4, -0.2) is 103 Å². The number of imide groups is 1. The van der Waals surface area contributed by atoms with E-state index in [0.29, 0.717) is 94.7 Å². The number of likely N-dealkylation sites (tertiary alicyclic amines) is 1. The number of halogens is 1. The lowest BCUT2D eigenvalue weighted by Crippen LogP contribution is -2.53. The fourth-order valence-electron chi connectivity index (χ4n) is 9.94. The predicted octanol–water partition coefficient (Wildman–Crippen LogP) is 5.78. The van der Waals surface area contributed by atoms with Crippen LogP contribution in [0.15, 0.2) is 66.0 Å². The number of ether oxygens (including phenoxy) is 4. The number of nitrogens with zero attached hydrogens (tertiary/aromatic N) is 4. The van der Waals surface area contributed by atoms with Gasteiger partial charge in [0.2, 0.25) is 11.8 Å². The lowest BCUT2D eigenvalue weighted by molar-refractivity contribution is -0.169. The van der Waals surface area contributed by atoms with Crippen molar-refractivity contribution in [2.75, 3.05) is 53.6 Å². The molecular formula is C48H57ClN6O9. The van der Waals surface area contributed by atoms with Crippen LogP contribution in [0.3, 0.4) is 0 Å². The Morgan fingerprint density at radius 2 is 1.69 bits per heavy atom. The van der Waals surface area contributed by atoms with E-state index in [-0.39, 0.29) is 61.9 Å². The van der Waals surface area contributed by atoms with Crippen LogP contribution in [0.25, 0.3) is 0 Å². The molecule has 15 nitrogen and oxygen atoms in total. The fraction of sp³-hybridized carbons (Fsp3) is 0.479. The second-order valence-electron chi connectivity index (χ2n) is 18.1. The molecule has 5 aliphatic rings. The number of carbonyl (C=O) groups is 5. The topological polar surface area (TPSA) is 187 Å². The number of esters is 1. The molecule has 2 unspecified atom stereocenters. The number of fused-ring (bicyclic) bond motifs is 2. The van der Waals surface area contributed by atoms with Gasteiger partial charge in [-0.1, -0.05) is 36.6 Å². The van der Waals surface area contributed by atoms with Crippen LogP contribution in [0.2, 0.25) is 5.02 Å². The molecule has 1 spiro atoms. The molecule has 3 aromatic carbocycles. The largest absolute Gasteiger partial charge is 0.497 e. The second-order valence-corrected chi connectivity index (χ2v) is 18.5. The van der Waals surface area contributed by atoms with Gasteiger partial charge in [-0.2, -0.15) is 0 Å². The first-order valence-electron chi connectivity index (χ1n) is 22.0. The first-order chi connectivity index (χ1) is 30.7. The van der Waals surface area contributed by atoms with Crippen LogP contribution in [0, 0.1) is 16.7 Å². The summed E-state index contributed by atoms with van der Waals surface area (Å²) in [6.45, 7) is 4.80. The first kappa shape index (κ1) is 44.8. The number of benzene rings is 3. The monoisotopic (exact) mass is 896 g/mol. The van der Waals surface area contributed by atoms with Crippen LogP contribution in [0.5, 0.6) is 17.2 Å². The van der Waals surface area contributed by atoms with Gasteiger partial charge in [-0.05, 0) is 93.3 Å². The standard InChI is InChI=1S/C48H57ClN6O9/c1-29(55(51)22-21-54-43(57)32-9-5-6-10-33(32)44(54)58)37(50)27-63-39-15-14-36(49)34-16-20-53(38(42(34)39)25-52-28-48(18-19-48)24-41(52)56)45(59)35-11-7-8-17-47(35,2)46(60)64-26-30-12-13-31(61-3)23-40(30)62-4/h5-6,9-10,12-15,23,35,38H,7-8,11,16-22,24-28,50-51H2,1-4H3/b37-29-/t35?,38?,47-/m0/s1. The third kappa shape index (κ3) is 8.47. The van der Waals surface area contributed by atoms with Crippen LogP contribution < -0.4 is 25.8 Å². The third-order valence-electron chi connectivity index (χ3n) is 14.2. The number of rotatable bonds is 15. The molecule has 0 radical (unpaired) electrons. The minimum Gasteiger partial charge on any atom is -0.497 e. The SMILES string of the molecule is COc1ccc(COC(=O)[C@@]2(C)CCCCC2C(=O)N2CCc3c(Cl)ccc(OC/C(N)=C(\C)N(N)CCN4C(=O)c5ccccc5C4=O)c3C2CN2CC3(CC3)CC2=O)c(OC)c1. The van der Waals surface area contributed by atoms with E-state index >= 15 is 4.79 Å². The molecule has 4 amide bonds. The maximum Gasteiger partial charge on any atom is 0.312 e. The molecule has 16 heteroatoms. The molecule has 4 N–H and O–H groups in total. The van der Waals surface area contributed by atoms with Crippen LogP contribution in [0.4, 0.5) is 0 Å². The summed E-state index contributed by atoms with van der Waals surface area (Å²) >= 11 is 6.93. The summed E-state index contributed by atoms with van der Waals surface area (Å²) < 4.78 is 23.4. The number of methoxy groups -OCH3 is 2. The van der Waals surface area contributed by atoms with Gasteiger partial charge in [-0.15, -0.1) is 0 Å². The van der Waals surface area contributed by atoms with E-state index in [9.17, 15) is 19.2 Å². The summed E-state index contributed by atoms with van der Waals surface area (Å²) in [5, 5.41) is 1.90. The van der Waals surface area contributed by atoms with Crippen molar-refractivity contribution >= 4 is 41.2 Å². The van der Waals surface area contributed by atoms with Crippen molar-refractivity contribution in [2.24, 2.45) is 28.3 Å². The van der Waals surface area contributed by atoms with Gasteiger partial charge in [0.15, 0.2) is 0 Å². The molecule has 340 valence electrons. The number of hydrogen-bond donors (Lipinski definition) is 2. The summed E-state index contributed by atoms with van der Waals surface area (Å²) in [6.07, 6.45) is 5.41. The Hall–Kier alpha value is -5.80. The summed E-state index contributed by atoms with van der Waals surface area (Å²) in [7, 11) is 3.11. The normalized spacial score (nSPS) is 22.5. The minimum atomic E-state index is -1.11. The lowest BCUT2D eigenvalue weighted by Gasteiger charge is -2.45. The molecule has 3 heterocycles. The van der Waals surface area contributed by atoms with Gasteiger partial charge in [-0.25, -0.2) is 5.84 Å². The van der Waals surface area contributed by atoms with E-state index in [0.717, 1.165) is 31.2 Å². The molecule has 0 aromatic heterocycles. The molecule has 0 bridgehead atoms. The van der Waals surface area contributed by atoms with Gasteiger partial charge in [0.1, 0.15) is 30.5 Å². The zero-order valence-corrected chi connectivity index (χ0v) is 37.7. The molecule has 3 aromatic rings. The zero-order chi connectivity index (χ0) is 45.5. The minimum absolute atomic E-state index is 0.0143. The maximum absolute atomic E-state index is 15.2. The molecule has 8 rings (SSSR count). The Balaban J connectivity index is 1.03. The number of hydrogen-bond acceptors (Lipinski definition) is 12. The summed E-state index contributed by atoms with van der Waals surface area (Å²) in [5.41, 5.74) is 9.19. The second kappa shape index (κ2) is 18.0. The Bertz CT molecular complexity index is 2370. The van der Waals surface area contributed by atoms with Crippen molar-refractivity contribution in [1.82, 2.24) is 19.7 Å². The van der Waals surface area contributed by atoms with Crippen molar-refractivity contribution in [3.8, 4) is 17.2 Å². The van der Waals surface area contributed by atoms with Gasteiger partial charge in [0, 0.05) is 60.5 Å². The van der Waals surface area contributed by atoms with Crippen molar-refractivity contribution in [1.29, 1.82) is 0 Å². The van der Waals surface area contributed by atoms with Crippen molar-refractivity contribution in [3.05, 3.63) is 98.8 Å². The van der Waals surface area contributed by atoms with Gasteiger partial charge in [0.05, 0.1) is 55.0 Å². The van der Waals surface area contributed by atoms with Crippen molar-refractivity contribution in [3.63, 3.8) is 0 Å². The molecule has 2 aliphatic carbocycles. The van der Waals surface area contributed by atoms with Crippen molar-refractivity contribution in [2.45, 2.75) is 77.9 Å². The predicted molar refractivity (Wildman–Crippen MR) is 237 cm³/mol. The first-order valence-corrected chi connectivity index (χ1v) is 22.4. The Kier molecular flexibility index (Phi) is 12.6. The Morgan fingerprint density at radius 3 is 2.36 bits per heavy atom. The zero-order valence-electron chi connectivity index (χ0n) is 37.0. The average molecular weight is 897 g/mol. The summed E-state index contributed by atoms with van der Waals surface area (Å²) in [6, 6.07) is 14.9. The Labute approximate surface area is 378 Å². The number of nitrogens with two attached hydrogens (primary N) is 2. The highest BCUT2D eigenvalue weighted by Crippen LogP contribution is 2.54. The quantitative estimate of drug-likeness (QED) is 0.0813. The third-order valence-corrected chi connectivity index (χ3v) is 14.5. The van der Waals surface area contributed by atoms with E-state index in [2.05, 4.69) is 0 Å². The van der Waals surface area contributed by atoms with E-state index < -0.39 is 23.3 Å². The maximum atomic E-state index is 15.2. The van der Waals surface area contributed by atoms with E-state index in [4.69, 9.17) is 42.1 Å². The molecule has 3 atom stereocenters. The van der Waals surface area contributed by atoms with Crippen molar-refractivity contribution < 1.29 is 42.9 Å². The van der Waals surface area contributed by atoms with E-state index in [1.807, 2.05) is 16.7 Å². The summed E-state index contributed by atoms with van der Waals surface area (Å²) in [4.78, 5) is 73.8. The molecule has 3 fully saturated rings. The van der Waals surface area contributed by atoms with Crippen LogP contribution >= 0.6 is 11.6 Å². The molecule has 3 aliphatic heterocycles. The van der Waals surface area contributed by atoms with Gasteiger partial charge in [0.25, 0.3) is 11.8 Å². The van der Waals surface area contributed by atoms with Gasteiger partial charge in [-0.3, -0.25) is 28.9 Å². The molecule has 2 saturated carbocycles. The Morgan fingerprint density at radius 1 is 0.953 bits per heavy atom. The number of allylic oxidation sites excluding steroid dienone is 1. The van der Waals surface area contributed by atoms with Crippen LogP contribution in [0.1, 0.15) is 102 Å². The number of amides is 4. The van der Waals surface area contributed by atoms with E-state index in [1.165, 1.54) is 9.91 Å². The highest BCUT2D eigenvalue weighted by Gasteiger charge is 2.54. The highest BCUT2D eigenvalue weighted by molar-refractivity contribution is 6.31. The summed E-state index contributed by atoms with van der Waals surface area (Å²) in [5.74, 6) is 6.02. The average Bonchev–Trinajstić information content (AvgIpc) is 3.92. The molecule has 64 heavy (non-hydrogen) atoms. The van der Waals surface area contributed by atoms with Gasteiger partial charge < -0.3 is 39.5 Å². The highest BCUT2D eigenvalue weighted by atomic mass is 35.5.